The average molecular weight is 242 g/mol. The molecule has 2 N–H and O–H groups in total. The van der Waals surface area contributed by atoms with Gasteiger partial charge in [0.15, 0.2) is 5.78 Å². The van der Waals surface area contributed by atoms with Crippen LogP contribution in [0, 0.1) is 0 Å². The number of hydrogen-bond acceptors (Lipinski definition) is 3. The lowest BCUT2D eigenvalue weighted by molar-refractivity contribution is 0.0877. The third-order valence-corrected chi connectivity index (χ3v) is 2.77. The molecule has 0 heterocycles. The van der Waals surface area contributed by atoms with Gasteiger partial charge < -0.3 is 10.2 Å². The highest BCUT2D eigenvalue weighted by Crippen LogP contribution is 2.23. The molecule has 92 valence electrons. The van der Waals surface area contributed by atoms with Crippen LogP contribution in [0.2, 0.25) is 0 Å². The normalized spacial score (nSPS) is 12.1. The van der Waals surface area contributed by atoms with Crippen LogP contribution in [-0.4, -0.2) is 16.0 Å². The van der Waals surface area contributed by atoms with Crippen molar-refractivity contribution in [3.8, 4) is 5.75 Å². The number of aromatic hydroxyl groups is 1. The van der Waals surface area contributed by atoms with Crippen molar-refractivity contribution in [1.29, 1.82) is 0 Å². The molecule has 0 amide bonds. The Hall–Kier alpha value is -2.13. The molecule has 3 heteroatoms. The molecular weight excluding hydrogens is 228 g/mol. The quantitative estimate of drug-likeness (QED) is 0.810. The fourth-order valence-corrected chi connectivity index (χ4v) is 1.79. The fraction of sp³-hybridized carbons (Fsp3) is 0.133. The first kappa shape index (κ1) is 12.3. The number of phenols is 1. The number of hydrogen-bond donors (Lipinski definition) is 2. The molecule has 0 radical (unpaired) electrons. The number of aliphatic hydroxyl groups is 1. The molecule has 1 unspecified atom stereocenters. The molecule has 0 aliphatic heterocycles. The molecular formula is C15H14O3. The molecule has 0 aliphatic carbocycles. The lowest BCUT2D eigenvalue weighted by Crippen LogP contribution is -2.07. The van der Waals surface area contributed by atoms with E-state index in [1.165, 1.54) is 6.07 Å². The van der Waals surface area contributed by atoms with Crippen LogP contribution in [0.1, 0.15) is 28.4 Å². The molecule has 2 aromatic rings. The van der Waals surface area contributed by atoms with Crippen LogP contribution in [0.4, 0.5) is 0 Å². The first-order chi connectivity index (χ1) is 8.68. The Morgan fingerprint density at radius 2 is 1.61 bits per heavy atom. The molecule has 0 saturated carbocycles. The van der Waals surface area contributed by atoms with E-state index in [1.54, 1.807) is 30.3 Å². The van der Waals surface area contributed by atoms with Gasteiger partial charge in [-0.1, -0.05) is 42.5 Å². The summed E-state index contributed by atoms with van der Waals surface area (Å²) in [6, 6.07) is 15.3. The first-order valence-electron chi connectivity index (χ1n) is 5.72. The standard InChI is InChI=1S/C15H14O3/c16-13-9-5-4-8-12(13)15(18)10-14(17)11-6-2-1-3-7-11/h1-9,14,16-17H,10H2. The molecule has 1 atom stereocenters. The third kappa shape index (κ3) is 2.76. The van der Waals surface area contributed by atoms with Gasteiger partial charge in [0.2, 0.25) is 0 Å². The first-order valence-corrected chi connectivity index (χ1v) is 5.72. The average Bonchev–Trinajstić information content (AvgIpc) is 2.40. The fourth-order valence-electron chi connectivity index (χ4n) is 1.79. The van der Waals surface area contributed by atoms with Crippen LogP contribution in [0.15, 0.2) is 54.6 Å². The Morgan fingerprint density at radius 3 is 2.28 bits per heavy atom. The van der Waals surface area contributed by atoms with Gasteiger partial charge in [-0.3, -0.25) is 4.79 Å². The van der Waals surface area contributed by atoms with Gasteiger partial charge in [-0.2, -0.15) is 0 Å². The van der Waals surface area contributed by atoms with Gasteiger partial charge in [0, 0.05) is 6.42 Å². The summed E-state index contributed by atoms with van der Waals surface area (Å²) in [6.45, 7) is 0. The van der Waals surface area contributed by atoms with E-state index in [0.29, 0.717) is 5.56 Å². The Balaban J connectivity index is 2.11. The van der Waals surface area contributed by atoms with Gasteiger partial charge in [-0.15, -0.1) is 0 Å². The molecule has 18 heavy (non-hydrogen) atoms. The lowest BCUT2D eigenvalue weighted by atomic mass is 10.00. The van der Waals surface area contributed by atoms with E-state index < -0.39 is 6.10 Å². The number of rotatable bonds is 4. The third-order valence-electron chi connectivity index (χ3n) is 2.77. The van der Waals surface area contributed by atoms with Crippen molar-refractivity contribution in [2.75, 3.05) is 0 Å². The highest BCUT2D eigenvalue weighted by atomic mass is 16.3. The highest BCUT2D eigenvalue weighted by molar-refractivity contribution is 5.98. The zero-order valence-corrected chi connectivity index (χ0v) is 9.78. The number of carbonyl (C=O) groups excluding carboxylic acids is 1. The minimum atomic E-state index is -0.849. The Kier molecular flexibility index (Phi) is 3.75. The maximum absolute atomic E-state index is 11.9. The van der Waals surface area contributed by atoms with Crippen molar-refractivity contribution in [2.45, 2.75) is 12.5 Å². The molecule has 2 aromatic carbocycles. The number of phenolic OH excluding ortho intramolecular Hbond substituents is 1. The largest absolute Gasteiger partial charge is 0.507 e. The van der Waals surface area contributed by atoms with Crippen LogP contribution >= 0.6 is 0 Å². The van der Waals surface area contributed by atoms with Gasteiger partial charge in [-0.05, 0) is 17.7 Å². The van der Waals surface area contributed by atoms with E-state index in [1.807, 2.05) is 18.2 Å². The highest BCUT2D eigenvalue weighted by Gasteiger charge is 2.16. The molecule has 2 rings (SSSR count). The van der Waals surface area contributed by atoms with E-state index >= 15 is 0 Å². The molecule has 0 aromatic heterocycles. The summed E-state index contributed by atoms with van der Waals surface area (Å²) in [5.74, 6) is -0.327. The summed E-state index contributed by atoms with van der Waals surface area (Å²) >= 11 is 0. The second-order valence-electron chi connectivity index (χ2n) is 4.07. The second-order valence-corrected chi connectivity index (χ2v) is 4.07. The van der Waals surface area contributed by atoms with Crippen LogP contribution in [-0.2, 0) is 0 Å². The smallest absolute Gasteiger partial charge is 0.169 e. The maximum atomic E-state index is 11.9. The summed E-state index contributed by atoms with van der Waals surface area (Å²) in [5, 5.41) is 19.5. The zero-order valence-electron chi connectivity index (χ0n) is 9.78. The molecule has 0 bridgehead atoms. The van der Waals surface area contributed by atoms with Gasteiger partial charge in [0.05, 0.1) is 11.7 Å². The second kappa shape index (κ2) is 5.47. The summed E-state index contributed by atoms with van der Waals surface area (Å²) in [7, 11) is 0. The van der Waals surface area contributed by atoms with Crippen LogP contribution in [0.5, 0.6) is 5.75 Å². The predicted octanol–water partition coefficient (Wildman–Crippen LogP) is 2.70. The summed E-state index contributed by atoms with van der Waals surface area (Å²) in [6.07, 6.45) is -0.889. The number of benzene rings is 2. The van der Waals surface area contributed by atoms with Gasteiger partial charge >= 0.3 is 0 Å². The Morgan fingerprint density at radius 1 is 1.00 bits per heavy atom. The number of ketones is 1. The van der Waals surface area contributed by atoms with Crippen molar-refractivity contribution >= 4 is 5.78 Å². The van der Waals surface area contributed by atoms with E-state index in [-0.39, 0.29) is 23.5 Å². The van der Waals surface area contributed by atoms with E-state index in [0.717, 1.165) is 0 Å². The number of Topliss-reactive ketones (excluding diaryl/α,β-unsaturated/α-hetero) is 1. The van der Waals surface area contributed by atoms with Crippen LogP contribution in [0.3, 0.4) is 0 Å². The minimum Gasteiger partial charge on any atom is -0.507 e. The van der Waals surface area contributed by atoms with Crippen LogP contribution < -0.4 is 0 Å². The molecule has 0 fully saturated rings. The zero-order chi connectivity index (χ0) is 13.0. The van der Waals surface area contributed by atoms with Crippen molar-refractivity contribution in [2.24, 2.45) is 0 Å². The van der Waals surface area contributed by atoms with Crippen molar-refractivity contribution in [3.63, 3.8) is 0 Å². The Bertz CT molecular complexity index is 534. The van der Waals surface area contributed by atoms with Crippen LogP contribution in [0.25, 0.3) is 0 Å². The SMILES string of the molecule is O=C(CC(O)c1ccccc1)c1ccccc1O. The van der Waals surface area contributed by atoms with Gasteiger partial charge in [0.25, 0.3) is 0 Å². The van der Waals surface area contributed by atoms with Crippen molar-refractivity contribution < 1.29 is 15.0 Å². The number of aliphatic hydroxyl groups excluding tert-OH is 1. The number of para-hydroxylation sites is 1. The summed E-state index contributed by atoms with van der Waals surface area (Å²) < 4.78 is 0. The van der Waals surface area contributed by atoms with E-state index in [2.05, 4.69) is 0 Å². The molecule has 0 spiro atoms. The monoisotopic (exact) mass is 242 g/mol. The lowest BCUT2D eigenvalue weighted by Gasteiger charge is -2.10. The van der Waals surface area contributed by atoms with Gasteiger partial charge in [0.1, 0.15) is 5.75 Å². The van der Waals surface area contributed by atoms with E-state index in [4.69, 9.17) is 0 Å². The van der Waals surface area contributed by atoms with E-state index in [9.17, 15) is 15.0 Å². The maximum Gasteiger partial charge on any atom is 0.169 e. The Labute approximate surface area is 105 Å². The van der Waals surface area contributed by atoms with Gasteiger partial charge in [-0.25, -0.2) is 0 Å². The molecule has 0 aliphatic rings. The molecule has 3 nitrogen and oxygen atoms in total. The summed E-state index contributed by atoms with van der Waals surface area (Å²) in [4.78, 5) is 11.9. The summed E-state index contributed by atoms with van der Waals surface area (Å²) in [5.41, 5.74) is 0.939. The number of carbonyl (C=O) groups is 1. The molecule has 0 saturated heterocycles. The topological polar surface area (TPSA) is 57.5 Å². The van der Waals surface area contributed by atoms with Crippen molar-refractivity contribution in [1.82, 2.24) is 0 Å². The van der Waals surface area contributed by atoms with Crippen molar-refractivity contribution in [3.05, 3.63) is 65.7 Å². The minimum absolute atomic E-state index is 0.0401. The predicted molar refractivity (Wildman–Crippen MR) is 68.5 cm³/mol.